The fraction of sp³-hybridized carbons (Fsp3) is 0. The Kier molecular flexibility index (Phi) is 3.97. The molecule has 0 saturated carbocycles. The van der Waals surface area contributed by atoms with Crippen molar-refractivity contribution in [2.24, 2.45) is 0 Å². The monoisotopic (exact) mass is 375 g/mol. The number of H-pyrrole nitrogens is 1. The number of nitrogens with one attached hydrogen (secondary N) is 2. The van der Waals surface area contributed by atoms with Gasteiger partial charge in [0.1, 0.15) is 5.69 Å². The minimum absolute atomic E-state index is 0.139. The lowest BCUT2D eigenvalue weighted by molar-refractivity contribution is 0.102. The second-order valence-electron chi connectivity index (χ2n) is 3.38. The molecule has 0 aliphatic carbocycles. The Morgan fingerprint density at radius 2 is 2.11 bits per heavy atom. The molecule has 2 rings (SSSR count). The molecular weight excluding hydrogens is 368 g/mol. The number of aromatic nitrogens is 2. The van der Waals surface area contributed by atoms with Crippen LogP contribution in [0.3, 0.4) is 0 Å². The van der Waals surface area contributed by atoms with Crippen molar-refractivity contribution in [1.29, 1.82) is 0 Å². The molecule has 0 unspecified atom stereocenters. The Bertz CT molecular complexity index is 636. The lowest BCUT2D eigenvalue weighted by Crippen LogP contribution is -2.17. The molecule has 0 spiro atoms. The number of amides is 1. The summed E-state index contributed by atoms with van der Waals surface area (Å²) >= 11 is 7.89. The molecule has 0 radical (unpaired) electrons. The molecule has 1 aromatic carbocycles. The zero-order valence-electron chi connectivity index (χ0n) is 8.91. The third kappa shape index (κ3) is 3.08. The van der Waals surface area contributed by atoms with Crippen LogP contribution < -0.4 is 10.9 Å². The average molecular weight is 376 g/mol. The summed E-state index contributed by atoms with van der Waals surface area (Å²) in [5.41, 5.74) is 0.422. The first kappa shape index (κ1) is 13.0. The number of halogens is 2. The van der Waals surface area contributed by atoms with E-state index in [0.717, 1.165) is 3.57 Å². The molecule has 0 saturated heterocycles. The third-order valence-corrected chi connectivity index (χ3v) is 3.22. The Morgan fingerprint density at radius 3 is 2.72 bits per heavy atom. The Hall–Kier alpha value is -1.41. The van der Waals surface area contributed by atoms with Crippen LogP contribution >= 0.6 is 34.2 Å². The molecule has 5 nitrogen and oxygen atoms in total. The van der Waals surface area contributed by atoms with Crippen LogP contribution in [0.1, 0.15) is 10.5 Å². The first-order chi connectivity index (χ1) is 8.56. The topological polar surface area (TPSA) is 74.8 Å². The molecule has 1 heterocycles. The largest absolute Gasteiger partial charge is 0.320 e. The summed E-state index contributed by atoms with van der Waals surface area (Å²) in [7, 11) is 0. The summed E-state index contributed by atoms with van der Waals surface area (Å²) in [4.78, 5) is 22.7. The minimum atomic E-state index is -0.397. The smallest absolute Gasteiger partial charge is 0.276 e. The number of nitrogens with zero attached hydrogens (tertiary/aromatic N) is 1. The number of rotatable bonds is 2. The number of carbonyl (C=O) groups excluding carboxylic acids is 1. The summed E-state index contributed by atoms with van der Waals surface area (Å²) in [5, 5.41) is 9.12. The van der Waals surface area contributed by atoms with Crippen LogP contribution in [0.2, 0.25) is 5.02 Å². The molecular formula is C11H7ClIN3O2. The van der Waals surface area contributed by atoms with Crippen molar-refractivity contribution < 1.29 is 4.79 Å². The van der Waals surface area contributed by atoms with Gasteiger partial charge in [0.2, 0.25) is 0 Å². The van der Waals surface area contributed by atoms with Gasteiger partial charge in [-0.1, -0.05) is 11.6 Å². The van der Waals surface area contributed by atoms with Gasteiger partial charge in [0.15, 0.2) is 0 Å². The quantitative estimate of drug-likeness (QED) is 0.791. The van der Waals surface area contributed by atoms with Crippen LogP contribution in [0.25, 0.3) is 0 Å². The normalized spacial score (nSPS) is 10.1. The van der Waals surface area contributed by atoms with E-state index in [1.807, 2.05) is 0 Å². The average Bonchev–Trinajstić information content (AvgIpc) is 2.33. The van der Waals surface area contributed by atoms with Crippen molar-refractivity contribution in [2.75, 3.05) is 5.32 Å². The highest BCUT2D eigenvalue weighted by atomic mass is 127. The minimum Gasteiger partial charge on any atom is -0.320 e. The van der Waals surface area contributed by atoms with Gasteiger partial charge in [-0.05, 0) is 46.9 Å². The van der Waals surface area contributed by atoms with E-state index in [1.165, 1.54) is 12.1 Å². The van der Waals surface area contributed by atoms with E-state index >= 15 is 0 Å². The van der Waals surface area contributed by atoms with E-state index in [0.29, 0.717) is 10.7 Å². The molecule has 1 amide bonds. The van der Waals surface area contributed by atoms with E-state index < -0.39 is 5.91 Å². The summed E-state index contributed by atoms with van der Waals surface area (Å²) in [6.07, 6.45) is 0. The van der Waals surface area contributed by atoms with Crippen molar-refractivity contribution in [3.05, 3.63) is 55.0 Å². The van der Waals surface area contributed by atoms with Gasteiger partial charge in [-0.25, -0.2) is 5.10 Å². The number of benzene rings is 1. The van der Waals surface area contributed by atoms with E-state index in [9.17, 15) is 9.59 Å². The maximum absolute atomic E-state index is 11.8. The standard InChI is InChI=1S/C11H7ClIN3O2/c12-6-1-2-8(7(13)5-6)14-11(18)9-3-4-10(17)16-15-9/h1-5H,(H,14,18)(H,16,17). The molecule has 0 aliphatic heterocycles. The summed E-state index contributed by atoms with van der Waals surface area (Å²) in [5.74, 6) is -0.397. The first-order valence-corrected chi connectivity index (χ1v) is 6.34. The highest BCUT2D eigenvalue weighted by Crippen LogP contribution is 2.22. The molecule has 0 bridgehead atoms. The fourth-order valence-corrected chi connectivity index (χ4v) is 2.25. The molecule has 92 valence electrons. The molecule has 7 heteroatoms. The Balaban J connectivity index is 2.21. The fourth-order valence-electron chi connectivity index (χ4n) is 1.25. The van der Waals surface area contributed by atoms with Crippen molar-refractivity contribution >= 4 is 45.8 Å². The zero-order valence-corrected chi connectivity index (χ0v) is 11.8. The lowest BCUT2D eigenvalue weighted by atomic mass is 10.3. The van der Waals surface area contributed by atoms with Gasteiger partial charge in [0, 0.05) is 14.7 Å². The van der Waals surface area contributed by atoms with Crippen molar-refractivity contribution in [2.45, 2.75) is 0 Å². The predicted molar refractivity (Wildman–Crippen MR) is 77.0 cm³/mol. The zero-order chi connectivity index (χ0) is 13.1. The highest BCUT2D eigenvalue weighted by molar-refractivity contribution is 14.1. The van der Waals surface area contributed by atoms with Crippen molar-refractivity contribution in [1.82, 2.24) is 10.2 Å². The maximum atomic E-state index is 11.8. The number of hydrogen-bond acceptors (Lipinski definition) is 3. The van der Waals surface area contributed by atoms with Crippen LogP contribution in [0.15, 0.2) is 35.1 Å². The third-order valence-electron chi connectivity index (χ3n) is 2.09. The predicted octanol–water partition coefficient (Wildman–Crippen LogP) is 2.28. The number of anilines is 1. The van der Waals surface area contributed by atoms with Crippen molar-refractivity contribution in [3.63, 3.8) is 0 Å². The molecule has 2 N–H and O–H groups in total. The van der Waals surface area contributed by atoms with Gasteiger partial charge in [0.05, 0.1) is 5.69 Å². The van der Waals surface area contributed by atoms with Crippen LogP contribution in [-0.2, 0) is 0 Å². The van der Waals surface area contributed by atoms with Gasteiger partial charge < -0.3 is 5.32 Å². The molecule has 2 aromatic rings. The van der Waals surface area contributed by atoms with Gasteiger partial charge in [0.25, 0.3) is 11.5 Å². The molecule has 18 heavy (non-hydrogen) atoms. The Morgan fingerprint density at radius 1 is 1.33 bits per heavy atom. The van der Waals surface area contributed by atoms with Crippen molar-refractivity contribution in [3.8, 4) is 0 Å². The van der Waals surface area contributed by atoms with E-state index in [-0.39, 0.29) is 11.3 Å². The molecule has 1 aromatic heterocycles. The number of carbonyl (C=O) groups is 1. The van der Waals surface area contributed by atoms with Crippen LogP contribution in [-0.4, -0.2) is 16.1 Å². The Labute approximate surface area is 121 Å². The summed E-state index contributed by atoms with van der Waals surface area (Å²) < 4.78 is 0.817. The second-order valence-corrected chi connectivity index (χ2v) is 4.98. The number of aromatic amines is 1. The summed E-state index contributed by atoms with van der Waals surface area (Å²) in [6, 6.07) is 7.72. The van der Waals surface area contributed by atoms with Gasteiger partial charge in [-0.3, -0.25) is 9.59 Å². The molecule has 0 atom stereocenters. The van der Waals surface area contributed by atoms with Gasteiger partial charge in [-0.15, -0.1) is 0 Å². The lowest BCUT2D eigenvalue weighted by Gasteiger charge is -2.06. The first-order valence-electron chi connectivity index (χ1n) is 4.88. The van der Waals surface area contributed by atoms with Crippen LogP contribution in [0.4, 0.5) is 5.69 Å². The van der Waals surface area contributed by atoms with E-state index in [4.69, 9.17) is 11.6 Å². The van der Waals surface area contributed by atoms with E-state index in [2.05, 4.69) is 38.1 Å². The van der Waals surface area contributed by atoms with Crippen LogP contribution in [0.5, 0.6) is 0 Å². The molecule has 0 fully saturated rings. The SMILES string of the molecule is O=C(Nc1ccc(Cl)cc1I)c1ccc(=O)[nH]n1. The summed E-state index contributed by atoms with van der Waals surface area (Å²) in [6.45, 7) is 0. The molecule has 0 aliphatic rings. The van der Waals surface area contributed by atoms with Gasteiger partial charge in [-0.2, -0.15) is 5.10 Å². The number of hydrogen-bond donors (Lipinski definition) is 2. The maximum Gasteiger partial charge on any atom is 0.276 e. The van der Waals surface area contributed by atoms with Crippen LogP contribution in [0, 0.1) is 3.57 Å². The van der Waals surface area contributed by atoms with E-state index in [1.54, 1.807) is 18.2 Å². The second kappa shape index (κ2) is 5.49. The highest BCUT2D eigenvalue weighted by Gasteiger charge is 2.09. The van der Waals surface area contributed by atoms with Gasteiger partial charge >= 0.3 is 0 Å².